The molecule has 0 radical (unpaired) electrons. The van der Waals surface area contributed by atoms with Gasteiger partial charge >= 0.3 is 0 Å². The zero-order valence-electron chi connectivity index (χ0n) is 11.6. The first-order chi connectivity index (χ1) is 9.87. The van der Waals surface area contributed by atoms with Crippen LogP contribution in [0.25, 0.3) is 0 Å². The van der Waals surface area contributed by atoms with E-state index in [9.17, 15) is 12.8 Å². The number of halogens is 2. The van der Waals surface area contributed by atoms with E-state index in [1.54, 1.807) is 0 Å². The van der Waals surface area contributed by atoms with Gasteiger partial charge in [0.15, 0.2) is 5.82 Å². The summed E-state index contributed by atoms with van der Waals surface area (Å²) in [6, 6.07) is 2.41. The molecule has 0 spiro atoms. The summed E-state index contributed by atoms with van der Waals surface area (Å²) in [4.78, 5) is -0.386. The first-order valence-electron chi connectivity index (χ1n) is 6.75. The molecule has 2 rings (SSSR count). The zero-order chi connectivity index (χ0) is 15.6. The SMILES string of the molecule is C=CCN(C1CCCC1)S(=O)(=O)c1cc(N)cc(Br)c1F. The van der Waals surface area contributed by atoms with Gasteiger partial charge in [-0.25, -0.2) is 12.8 Å². The quantitative estimate of drug-likeness (QED) is 0.633. The normalized spacial score (nSPS) is 16.5. The molecule has 0 amide bonds. The van der Waals surface area contributed by atoms with Crippen LogP contribution in [-0.2, 0) is 10.0 Å². The van der Waals surface area contributed by atoms with Crippen LogP contribution in [0, 0.1) is 5.82 Å². The van der Waals surface area contributed by atoms with E-state index in [0.717, 1.165) is 25.7 Å². The van der Waals surface area contributed by atoms with Crippen molar-refractivity contribution in [3.8, 4) is 0 Å². The minimum Gasteiger partial charge on any atom is -0.399 e. The van der Waals surface area contributed by atoms with Gasteiger partial charge < -0.3 is 5.73 Å². The summed E-state index contributed by atoms with van der Waals surface area (Å²) in [7, 11) is -3.95. The highest BCUT2D eigenvalue weighted by Crippen LogP contribution is 2.32. The van der Waals surface area contributed by atoms with Crippen molar-refractivity contribution in [2.24, 2.45) is 0 Å². The predicted molar refractivity (Wildman–Crippen MR) is 84.9 cm³/mol. The topological polar surface area (TPSA) is 63.4 Å². The van der Waals surface area contributed by atoms with Crippen LogP contribution in [-0.4, -0.2) is 25.3 Å². The lowest BCUT2D eigenvalue weighted by atomic mass is 10.2. The molecule has 0 aromatic heterocycles. The van der Waals surface area contributed by atoms with Gasteiger partial charge in [-0.2, -0.15) is 4.31 Å². The average Bonchev–Trinajstić information content (AvgIpc) is 2.93. The Morgan fingerprint density at radius 1 is 1.43 bits per heavy atom. The number of rotatable bonds is 5. The number of anilines is 1. The minimum absolute atomic E-state index is 0.0473. The zero-order valence-corrected chi connectivity index (χ0v) is 14.0. The Kier molecular flexibility index (Phi) is 5.06. The monoisotopic (exact) mass is 376 g/mol. The molecule has 1 fully saturated rings. The summed E-state index contributed by atoms with van der Waals surface area (Å²) >= 11 is 3.00. The lowest BCUT2D eigenvalue weighted by molar-refractivity contribution is 0.346. The van der Waals surface area contributed by atoms with Crippen LogP contribution in [0.15, 0.2) is 34.2 Å². The fourth-order valence-corrected chi connectivity index (χ4v) is 5.05. The maximum atomic E-state index is 14.2. The summed E-state index contributed by atoms with van der Waals surface area (Å²) < 4.78 is 41.2. The molecule has 4 nitrogen and oxygen atoms in total. The highest BCUT2D eigenvalue weighted by Gasteiger charge is 2.34. The van der Waals surface area contributed by atoms with Crippen LogP contribution in [0.5, 0.6) is 0 Å². The number of hydrogen-bond acceptors (Lipinski definition) is 3. The second-order valence-corrected chi connectivity index (χ2v) is 7.83. The molecule has 1 saturated carbocycles. The Labute approximate surface area is 133 Å². The summed E-state index contributed by atoms with van der Waals surface area (Å²) in [5.41, 5.74) is 5.85. The van der Waals surface area contributed by atoms with Crippen LogP contribution in [0.4, 0.5) is 10.1 Å². The first kappa shape index (κ1) is 16.5. The van der Waals surface area contributed by atoms with Crippen LogP contribution in [0.1, 0.15) is 25.7 Å². The summed E-state index contributed by atoms with van der Waals surface area (Å²) in [6.07, 6.45) is 5.07. The fourth-order valence-electron chi connectivity index (χ4n) is 2.66. The van der Waals surface area contributed by atoms with Crippen molar-refractivity contribution in [1.29, 1.82) is 0 Å². The Morgan fingerprint density at radius 3 is 2.62 bits per heavy atom. The van der Waals surface area contributed by atoms with E-state index in [1.165, 1.54) is 22.5 Å². The van der Waals surface area contributed by atoms with E-state index < -0.39 is 15.8 Å². The Morgan fingerprint density at radius 2 is 2.05 bits per heavy atom. The van der Waals surface area contributed by atoms with Gasteiger partial charge in [0.1, 0.15) is 4.90 Å². The van der Waals surface area contributed by atoms with Gasteiger partial charge in [0.2, 0.25) is 10.0 Å². The van der Waals surface area contributed by atoms with Crippen molar-refractivity contribution >= 4 is 31.6 Å². The second kappa shape index (κ2) is 6.46. The predicted octanol–water partition coefficient (Wildman–Crippen LogP) is 3.29. The van der Waals surface area contributed by atoms with Crippen molar-refractivity contribution in [2.75, 3.05) is 12.3 Å². The molecule has 0 atom stereocenters. The van der Waals surface area contributed by atoms with E-state index >= 15 is 0 Å². The Hall–Kier alpha value is -0.920. The van der Waals surface area contributed by atoms with Crippen molar-refractivity contribution in [2.45, 2.75) is 36.6 Å². The standard InChI is InChI=1S/C14H18BrFN2O2S/c1-2-7-18(11-5-3-4-6-11)21(19,20)13-9-10(17)8-12(15)14(13)16/h2,8-9,11H,1,3-7,17H2. The van der Waals surface area contributed by atoms with Gasteiger partial charge in [-0.1, -0.05) is 18.9 Å². The third-order valence-corrected chi connectivity index (χ3v) is 6.14. The molecule has 0 saturated heterocycles. The number of nitrogens with zero attached hydrogens (tertiary/aromatic N) is 1. The third-order valence-electron chi connectivity index (χ3n) is 3.64. The van der Waals surface area contributed by atoms with Gasteiger partial charge in [0, 0.05) is 18.3 Å². The summed E-state index contributed by atoms with van der Waals surface area (Å²) in [5, 5.41) is 0. The molecule has 0 aliphatic heterocycles. The van der Waals surface area contributed by atoms with E-state index in [0.29, 0.717) is 0 Å². The largest absolute Gasteiger partial charge is 0.399 e. The van der Waals surface area contributed by atoms with Crippen molar-refractivity contribution in [1.82, 2.24) is 4.31 Å². The second-order valence-electron chi connectivity index (χ2n) is 5.12. The van der Waals surface area contributed by atoms with Crippen LogP contribution in [0.3, 0.4) is 0 Å². The maximum Gasteiger partial charge on any atom is 0.246 e. The lowest BCUT2D eigenvalue weighted by Crippen LogP contribution is -2.39. The highest BCUT2D eigenvalue weighted by molar-refractivity contribution is 9.10. The van der Waals surface area contributed by atoms with E-state index in [1.807, 2.05) is 0 Å². The smallest absolute Gasteiger partial charge is 0.246 e. The van der Waals surface area contributed by atoms with Crippen molar-refractivity contribution in [3.63, 3.8) is 0 Å². The average molecular weight is 377 g/mol. The Bertz CT molecular complexity index is 643. The highest BCUT2D eigenvalue weighted by atomic mass is 79.9. The van der Waals surface area contributed by atoms with Crippen LogP contribution in [0.2, 0.25) is 0 Å². The van der Waals surface area contributed by atoms with Crippen LogP contribution < -0.4 is 5.73 Å². The van der Waals surface area contributed by atoms with Crippen molar-refractivity contribution in [3.05, 3.63) is 35.1 Å². The summed E-state index contributed by atoms with van der Waals surface area (Å²) in [5.74, 6) is -0.809. The fraction of sp³-hybridized carbons (Fsp3) is 0.429. The van der Waals surface area contributed by atoms with Gasteiger partial charge in [-0.15, -0.1) is 6.58 Å². The van der Waals surface area contributed by atoms with E-state index in [-0.39, 0.29) is 27.6 Å². The molecular weight excluding hydrogens is 359 g/mol. The van der Waals surface area contributed by atoms with Gasteiger partial charge in [0.05, 0.1) is 4.47 Å². The third kappa shape index (κ3) is 3.30. The molecule has 0 unspecified atom stereocenters. The van der Waals surface area contributed by atoms with E-state index in [4.69, 9.17) is 5.73 Å². The maximum absolute atomic E-state index is 14.2. The molecule has 1 aromatic carbocycles. The molecule has 21 heavy (non-hydrogen) atoms. The first-order valence-corrected chi connectivity index (χ1v) is 8.98. The molecule has 2 N–H and O–H groups in total. The number of nitrogen functional groups attached to an aromatic ring is 1. The number of hydrogen-bond donors (Lipinski definition) is 1. The molecule has 7 heteroatoms. The van der Waals surface area contributed by atoms with Crippen molar-refractivity contribution < 1.29 is 12.8 Å². The summed E-state index contributed by atoms with van der Waals surface area (Å²) in [6.45, 7) is 3.77. The molecule has 1 aliphatic rings. The molecule has 116 valence electrons. The number of benzene rings is 1. The molecular formula is C14H18BrFN2O2S. The molecule has 0 bridgehead atoms. The van der Waals surface area contributed by atoms with Crippen LogP contribution >= 0.6 is 15.9 Å². The lowest BCUT2D eigenvalue weighted by Gasteiger charge is -2.27. The number of sulfonamides is 1. The van der Waals surface area contributed by atoms with Gasteiger partial charge in [0.25, 0.3) is 0 Å². The molecule has 1 aliphatic carbocycles. The number of nitrogens with two attached hydrogens (primary N) is 1. The Balaban J connectivity index is 2.50. The van der Waals surface area contributed by atoms with Gasteiger partial charge in [-0.05, 0) is 40.9 Å². The van der Waals surface area contributed by atoms with E-state index in [2.05, 4.69) is 22.5 Å². The molecule has 0 heterocycles. The minimum atomic E-state index is -3.95. The van der Waals surface area contributed by atoms with Gasteiger partial charge in [-0.3, -0.25) is 0 Å². The molecule has 1 aromatic rings.